The fourth-order valence-electron chi connectivity index (χ4n) is 2.86. The third-order valence-electron chi connectivity index (χ3n) is 4.08. The number of carbonyl (C=O) groups is 2. The molecule has 1 fully saturated rings. The van der Waals surface area contributed by atoms with Crippen LogP contribution in [0.3, 0.4) is 0 Å². The number of benzene rings is 2. The van der Waals surface area contributed by atoms with Gasteiger partial charge in [0.2, 0.25) is 12.0 Å². The summed E-state index contributed by atoms with van der Waals surface area (Å²) in [5.41, 5.74) is 1.03. The van der Waals surface area contributed by atoms with E-state index >= 15 is 0 Å². The molecule has 26 heavy (non-hydrogen) atoms. The fraction of sp³-hybridized carbons (Fsp3) is 0.263. The van der Waals surface area contributed by atoms with Gasteiger partial charge in [0, 0.05) is 11.1 Å². The molecular weight excluding hydrogens is 338 g/mol. The average molecular weight is 357 g/mol. The molecule has 1 unspecified atom stereocenters. The monoisotopic (exact) mass is 357 g/mol. The number of esters is 1. The summed E-state index contributed by atoms with van der Waals surface area (Å²) in [4.78, 5) is 26.1. The third kappa shape index (κ3) is 3.15. The van der Waals surface area contributed by atoms with Gasteiger partial charge in [-0.3, -0.25) is 14.5 Å². The number of ether oxygens (including phenoxy) is 4. The summed E-state index contributed by atoms with van der Waals surface area (Å²) in [5.74, 6) is 0.473. The van der Waals surface area contributed by atoms with Gasteiger partial charge >= 0.3 is 5.97 Å². The maximum Gasteiger partial charge on any atom is 0.327 e. The molecule has 1 saturated heterocycles. The van der Waals surface area contributed by atoms with Crippen molar-refractivity contribution in [1.29, 1.82) is 0 Å². The second kappa shape index (κ2) is 7.35. The van der Waals surface area contributed by atoms with Crippen molar-refractivity contribution in [3.8, 4) is 17.2 Å². The van der Waals surface area contributed by atoms with Gasteiger partial charge in [0.1, 0.15) is 6.54 Å². The van der Waals surface area contributed by atoms with E-state index in [2.05, 4.69) is 0 Å². The molecule has 1 heterocycles. The van der Waals surface area contributed by atoms with Crippen LogP contribution >= 0.6 is 0 Å². The third-order valence-corrected chi connectivity index (χ3v) is 4.08. The summed E-state index contributed by atoms with van der Waals surface area (Å²) < 4.78 is 21.4. The van der Waals surface area contributed by atoms with Crippen molar-refractivity contribution < 1.29 is 28.5 Å². The number of rotatable bonds is 5. The second-order valence-corrected chi connectivity index (χ2v) is 5.60. The Labute approximate surface area is 151 Å². The van der Waals surface area contributed by atoms with Crippen molar-refractivity contribution in [1.82, 2.24) is 4.90 Å². The Balaban J connectivity index is 2.01. The molecule has 1 aliphatic rings. The van der Waals surface area contributed by atoms with Crippen molar-refractivity contribution in [2.24, 2.45) is 0 Å². The molecule has 7 heteroatoms. The molecule has 1 amide bonds. The highest BCUT2D eigenvalue weighted by Gasteiger charge is 2.38. The molecular formula is C19H19NO6. The van der Waals surface area contributed by atoms with Crippen molar-refractivity contribution in [2.45, 2.75) is 6.23 Å². The summed E-state index contributed by atoms with van der Waals surface area (Å²) >= 11 is 0. The Morgan fingerprint density at radius 2 is 1.65 bits per heavy atom. The van der Waals surface area contributed by atoms with Crippen LogP contribution in [0.2, 0.25) is 0 Å². The van der Waals surface area contributed by atoms with Gasteiger partial charge in [-0.05, 0) is 24.3 Å². The molecule has 3 rings (SSSR count). The van der Waals surface area contributed by atoms with E-state index in [9.17, 15) is 9.59 Å². The molecule has 0 aliphatic carbocycles. The number of carbonyl (C=O) groups excluding carboxylic acids is 2. The molecule has 0 spiro atoms. The molecule has 1 aliphatic heterocycles. The lowest BCUT2D eigenvalue weighted by molar-refractivity contribution is -0.141. The normalized spacial score (nSPS) is 16.2. The van der Waals surface area contributed by atoms with Crippen LogP contribution in [-0.2, 0) is 9.53 Å². The molecule has 1 atom stereocenters. The van der Waals surface area contributed by atoms with Crippen molar-refractivity contribution in [3.63, 3.8) is 0 Å². The summed E-state index contributed by atoms with van der Waals surface area (Å²) in [7, 11) is 4.49. The van der Waals surface area contributed by atoms with Gasteiger partial charge in [0.05, 0.1) is 21.3 Å². The zero-order chi connectivity index (χ0) is 18.7. The minimum absolute atomic E-state index is 0.130. The number of hydrogen-bond acceptors (Lipinski definition) is 6. The highest BCUT2D eigenvalue weighted by atomic mass is 16.6. The van der Waals surface area contributed by atoms with E-state index in [4.69, 9.17) is 18.9 Å². The molecule has 136 valence electrons. The number of nitrogens with zero attached hydrogens (tertiary/aromatic N) is 1. The quantitative estimate of drug-likeness (QED) is 0.765. The zero-order valence-electron chi connectivity index (χ0n) is 14.7. The number of methoxy groups -OCH3 is 3. The van der Waals surface area contributed by atoms with Gasteiger partial charge in [-0.15, -0.1) is 0 Å². The molecule has 0 N–H and O–H groups in total. The van der Waals surface area contributed by atoms with Crippen molar-refractivity contribution in [2.75, 3.05) is 27.9 Å². The minimum Gasteiger partial charge on any atom is -0.493 e. The van der Waals surface area contributed by atoms with Crippen LogP contribution < -0.4 is 14.2 Å². The summed E-state index contributed by atoms with van der Waals surface area (Å²) in [6.45, 7) is -0.130. The molecule has 7 nitrogen and oxygen atoms in total. The van der Waals surface area contributed by atoms with E-state index in [-0.39, 0.29) is 12.5 Å². The first-order chi connectivity index (χ1) is 12.6. The van der Waals surface area contributed by atoms with E-state index < -0.39 is 12.2 Å². The van der Waals surface area contributed by atoms with Crippen LogP contribution in [0.15, 0.2) is 42.5 Å². The van der Waals surface area contributed by atoms with E-state index in [0.29, 0.717) is 28.4 Å². The van der Waals surface area contributed by atoms with Gasteiger partial charge in [-0.2, -0.15) is 0 Å². The van der Waals surface area contributed by atoms with Crippen LogP contribution in [0, 0.1) is 0 Å². The lowest BCUT2D eigenvalue weighted by atomic mass is 10.1. The van der Waals surface area contributed by atoms with Crippen LogP contribution in [0.4, 0.5) is 0 Å². The minimum atomic E-state index is -0.871. The zero-order valence-corrected chi connectivity index (χ0v) is 14.7. The number of cyclic esters (lactones) is 1. The average Bonchev–Trinajstić information content (AvgIpc) is 3.08. The fourth-order valence-corrected chi connectivity index (χ4v) is 2.86. The molecule has 0 radical (unpaired) electrons. The largest absolute Gasteiger partial charge is 0.493 e. The SMILES string of the molecule is COc1cc(C2OC(=O)CN2C(=O)c2ccccc2)cc(OC)c1OC. The molecule has 0 aromatic heterocycles. The van der Waals surface area contributed by atoms with Gasteiger partial charge in [-0.1, -0.05) is 18.2 Å². The molecule has 0 bridgehead atoms. The summed E-state index contributed by atoms with van der Waals surface area (Å²) in [6, 6.07) is 12.1. The summed E-state index contributed by atoms with van der Waals surface area (Å²) in [5, 5.41) is 0. The van der Waals surface area contributed by atoms with Crippen LogP contribution in [0.5, 0.6) is 17.2 Å². The first-order valence-electron chi connectivity index (χ1n) is 7.94. The van der Waals surface area contributed by atoms with E-state index in [0.717, 1.165) is 0 Å². The van der Waals surface area contributed by atoms with Crippen LogP contribution in [0.1, 0.15) is 22.1 Å². The van der Waals surface area contributed by atoms with E-state index in [1.165, 1.54) is 26.2 Å². The number of hydrogen-bond donors (Lipinski definition) is 0. The first kappa shape index (κ1) is 17.6. The maximum absolute atomic E-state index is 12.8. The van der Waals surface area contributed by atoms with Crippen LogP contribution in [0.25, 0.3) is 0 Å². The first-order valence-corrected chi connectivity index (χ1v) is 7.94. The van der Waals surface area contributed by atoms with Crippen LogP contribution in [-0.4, -0.2) is 44.7 Å². The van der Waals surface area contributed by atoms with Gasteiger partial charge in [0.15, 0.2) is 11.5 Å². The highest BCUT2D eigenvalue weighted by molar-refractivity contribution is 5.97. The smallest absolute Gasteiger partial charge is 0.327 e. The highest BCUT2D eigenvalue weighted by Crippen LogP contribution is 2.42. The standard InChI is InChI=1S/C19H19NO6/c1-23-14-9-13(10-15(24-2)17(14)25-3)19-20(11-16(21)26-19)18(22)12-7-5-4-6-8-12/h4-10,19H,11H2,1-3H3. The Bertz CT molecular complexity index is 795. The predicted molar refractivity (Wildman–Crippen MR) is 92.4 cm³/mol. The molecule has 2 aromatic rings. The van der Waals surface area contributed by atoms with E-state index in [1.54, 1.807) is 36.4 Å². The maximum atomic E-state index is 12.8. The van der Waals surface area contributed by atoms with Crippen molar-refractivity contribution >= 4 is 11.9 Å². The Hall–Kier alpha value is -3.22. The second-order valence-electron chi connectivity index (χ2n) is 5.60. The lowest BCUT2D eigenvalue weighted by Crippen LogP contribution is -2.31. The summed E-state index contributed by atoms with van der Waals surface area (Å²) in [6.07, 6.45) is -0.871. The Morgan fingerprint density at radius 3 is 2.19 bits per heavy atom. The van der Waals surface area contributed by atoms with Gasteiger partial charge in [-0.25, -0.2) is 0 Å². The topological polar surface area (TPSA) is 74.3 Å². The molecule has 0 saturated carbocycles. The predicted octanol–water partition coefficient (Wildman–Crippen LogP) is 2.41. The van der Waals surface area contributed by atoms with Gasteiger partial charge in [0.25, 0.3) is 5.91 Å². The Kier molecular flexibility index (Phi) is 4.97. The Morgan fingerprint density at radius 1 is 1.04 bits per heavy atom. The number of amides is 1. The lowest BCUT2D eigenvalue weighted by Gasteiger charge is -2.23. The van der Waals surface area contributed by atoms with E-state index in [1.807, 2.05) is 6.07 Å². The molecule has 2 aromatic carbocycles. The van der Waals surface area contributed by atoms with Crippen molar-refractivity contribution in [3.05, 3.63) is 53.6 Å². The van der Waals surface area contributed by atoms with Gasteiger partial charge < -0.3 is 18.9 Å².